The maximum absolute atomic E-state index is 13.0. The van der Waals surface area contributed by atoms with E-state index in [1.165, 1.54) is 5.32 Å². The fourth-order valence-corrected chi connectivity index (χ4v) is 1.36. The molecule has 1 rings (SSSR count). The van der Waals surface area contributed by atoms with Gasteiger partial charge >= 0.3 is 18.1 Å². The zero-order chi connectivity index (χ0) is 14.1. The number of amides is 1. The van der Waals surface area contributed by atoms with Crippen LogP contribution in [0.25, 0.3) is 0 Å². The minimum Gasteiger partial charge on any atom is -0.478 e. The number of hydrogen-bond donors (Lipinski definition) is 2. The van der Waals surface area contributed by atoms with E-state index in [-0.39, 0.29) is 4.47 Å². The Balaban J connectivity index is 3.20. The van der Waals surface area contributed by atoms with Gasteiger partial charge in [-0.05, 0) is 28.1 Å². The molecule has 0 saturated carbocycles. The summed E-state index contributed by atoms with van der Waals surface area (Å²) in [6, 6.07) is 1.24. The summed E-state index contributed by atoms with van der Waals surface area (Å²) in [5.74, 6) is -4.99. The molecule has 0 fully saturated rings. The predicted octanol–water partition coefficient (Wildman–Crippen LogP) is 2.79. The Bertz CT molecular complexity index is 515. The van der Waals surface area contributed by atoms with Gasteiger partial charge in [0.2, 0.25) is 0 Å². The number of benzene rings is 1. The number of carboxylic acids is 1. The van der Waals surface area contributed by atoms with Gasteiger partial charge in [-0.15, -0.1) is 0 Å². The Morgan fingerprint density at radius 3 is 2.28 bits per heavy atom. The number of rotatable bonds is 2. The highest BCUT2D eigenvalue weighted by atomic mass is 79.9. The molecule has 0 bridgehead atoms. The lowest BCUT2D eigenvalue weighted by atomic mass is 10.1. The second-order valence-corrected chi connectivity index (χ2v) is 3.92. The van der Waals surface area contributed by atoms with E-state index in [4.69, 9.17) is 5.11 Å². The molecule has 0 aliphatic rings. The third kappa shape index (κ3) is 3.19. The van der Waals surface area contributed by atoms with Crippen molar-refractivity contribution in [3.63, 3.8) is 0 Å². The van der Waals surface area contributed by atoms with Crippen molar-refractivity contribution < 1.29 is 32.3 Å². The van der Waals surface area contributed by atoms with E-state index >= 15 is 0 Å². The van der Waals surface area contributed by atoms with Crippen LogP contribution in [0, 0.1) is 5.82 Å². The Labute approximate surface area is 106 Å². The molecule has 1 amide bonds. The summed E-state index contributed by atoms with van der Waals surface area (Å²) in [5.41, 5.74) is -1.44. The van der Waals surface area contributed by atoms with Gasteiger partial charge in [-0.25, -0.2) is 9.18 Å². The van der Waals surface area contributed by atoms with E-state index in [2.05, 4.69) is 15.9 Å². The van der Waals surface area contributed by atoms with Gasteiger partial charge in [0, 0.05) is 0 Å². The van der Waals surface area contributed by atoms with Crippen molar-refractivity contribution in [1.29, 1.82) is 0 Å². The molecule has 0 saturated heterocycles. The Hall–Kier alpha value is -1.64. The van der Waals surface area contributed by atoms with Crippen LogP contribution in [-0.2, 0) is 4.79 Å². The molecule has 0 spiro atoms. The molecule has 9 heteroatoms. The van der Waals surface area contributed by atoms with Crippen LogP contribution in [-0.4, -0.2) is 23.2 Å². The lowest BCUT2D eigenvalue weighted by Gasteiger charge is -2.11. The highest BCUT2D eigenvalue weighted by Gasteiger charge is 2.39. The zero-order valence-electron chi connectivity index (χ0n) is 8.31. The molecular formula is C9H4BrF4NO3. The first-order valence-electron chi connectivity index (χ1n) is 4.23. The second-order valence-electron chi connectivity index (χ2n) is 3.07. The van der Waals surface area contributed by atoms with Gasteiger partial charge in [0.05, 0.1) is 15.7 Å². The standard InChI is InChI=1S/C9H4BrF4NO3/c10-4-2-6(15-8(18)9(12,13)14)3(7(16)17)1-5(4)11/h1-2H,(H,15,18)(H,16,17). The van der Waals surface area contributed by atoms with Crippen molar-refractivity contribution in [3.8, 4) is 0 Å². The molecule has 0 aromatic heterocycles. The van der Waals surface area contributed by atoms with Crippen molar-refractivity contribution in [3.05, 3.63) is 28.0 Å². The largest absolute Gasteiger partial charge is 0.478 e. The Morgan fingerprint density at radius 2 is 1.83 bits per heavy atom. The summed E-state index contributed by atoms with van der Waals surface area (Å²) >= 11 is 2.67. The summed E-state index contributed by atoms with van der Waals surface area (Å²) < 4.78 is 48.8. The van der Waals surface area contributed by atoms with Gasteiger partial charge in [0.1, 0.15) is 5.82 Å². The van der Waals surface area contributed by atoms with Crippen molar-refractivity contribution in [2.45, 2.75) is 6.18 Å². The van der Waals surface area contributed by atoms with E-state index in [0.29, 0.717) is 6.07 Å². The Morgan fingerprint density at radius 1 is 1.28 bits per heavy atom. The third-order valence-electron chi connectivity index (χ3n) is 1.80. The summed E-state index contributed by atoms with van der Waals surface area (Å²) in [7, 11) is 0. The fraction of sp³-hybridized carbons (Fsp3) is 0.111. The number of alkyl halides is 3. The zero-order valence-corrected chi connectivity index (χ0v) is 9.89. The summed E-state index contributed by atoms with van der Waals surface area (Å²) in [4.78, 5) is 21.4. The lowest BCUT2D eigenvalue weighted by Crippen LogP contribution is -2.30. The van der Waals surface area contributed by atoms with Crippen molar-refractivity contribution >= 4 is 33.5 Å². The van der Waals surface area contributed by atoms with Crippen LogP contribution < -0.4 is 5.32 Å². The molecule has 2 N–H and O–H groups in total. The molecular weight excluding hydrogens is 326 g/mol. The molecule has 18 heavy (non-hydrogen) atoms. The number of carbonyl (C=O) groups excluding carboxylic acids is 1. The van der Waals surface area contributed by atoms with Crippen LogP contribution in [0.1, 0.15) is 10.4 Å². The van der Waals surface area contributed by atoms with Gasteiger partial charge in [-0.3, -0.25) is 4.79 Å². The summed E-state index contributed by atoms with van der Waals surface area (Å²) in [5, 5.41) is 10.0. The average molecular weight is 330 g/mol. The number of halogens is 5. The monoisotopic (exact) mass is 329 g/mol. The van der Waals surface area contributed by atoms with Gasteiger partial charge in [0.25, 0.3) is 0 Å². The van der Waals surface area contributed by atoms with Crippen molar-refractivity contribution in [1.82, 2.24) is 0 Å². The first-order valence-corrected chi connectivity index (χ1v) is 5.02. The average Bonchev–Trinajstić information content (AvgIpc) is 2.21. The van der Waals surface area contributed by atoms with E-state index in [0.717, 1.165) is 6.07 Å². The molecule has 0 aliphatic carbocycles. The highest BCUT2D eigenvalue weighted by Crippen LogP contribution is 2.26. The third-order valence-corrected chi connectivity index (χ3v) is 2.40. The maximum Gasteiger partial charge on any atom is 0.471 e. The maximum atomic E-state index is 13.0. The first kappa shape index (κ1) is 14.4. The molecule has 0 atom stereocenters. The number of carboxylic acid groups (broad SMARTS) is 1. The van der Waals surface area contributed by atoms with Gasteiger partial charge in [0.15, 0.2) is 0 Å². The van der Waals surface area contributed by atoms with E-state index < -0.39 is 35.1 Å². The molecule has 4 nitrogen and oxygen atoms in total. The van der Waals surface area contributed by atoms with Crippen LogP contribution in [0.2, 0.25) is 0 Å². The summed E-state index contributed by atoms with van der Waals surface area (Å²) in [6.45, 7) is 0. The van der Waals surface area contributed by atoms with Crippen molar-refractivity contribution in [2.24, 2.45) is 0 Å². The topological polar surface area (TPSA) is 66.4 Å². The van der Waals surface area contributed by atoms with Crippen LogP contribution in [0.5, 0.6) is 0 Å². The van der Waals surface area contributed by atoms with E-state index in [9.17, 15) is 27.2 Å². The quantitative estimate of drug-likeness (QED) is 0.820. The molecule has 1 aromatic carbocycles. The molecule has 1 aromatic rings. The predicted molar refractivity (Wildman–Crippen MR) is 55.7 cm³/mol. The molecule has 98 valence electrons. The smallest absolute Gasteiger partial charge is 0.471 e. The molecule has 0 aliphatic heterocycles. The normalized spacial score (nSPS) is 11.2. The van der Waals surface area contributed by atoms with Crippen LogP contribution >= 0.6 is 15.9 Å². The van der Waals surface area contributed by atoms with Crippen LogP contribution in [0.4, 0.5) is 23.2 Å². The first-order chi connectivity index (χ1) is 8.12. The van der Waals surface area contributed by atoms with Gasteiger partial charge < -0.3 is 10.4 Å². The minimum absolute atomic E-state index is 0.273. The fourth-order valence-electron chi connectivity index (χ4n) is 1.02. The number of carbonyl (C=O) groups is 2. The summed E-state index contributed by atoms with van der Waals surface area (Å²) in [6.07, 6.45) is -5.17. The van der Waals surface area contributed by atoms with E-state index in [1.807, 2.05) is 0 Å². The molecule has 0 unspecified atom stereocenters. The van der Waals surface area contributed by atoms with Crippen molar-refractivity contribution in [2.75, 3.05) is 5.32 Å². The van der Waals surface area contributed by atoms with E-state index in [1.54, 1.807) is 0 Å². The molecule has 0 heterocycles. The highest BCUT2D eigenvalue weighted by molar-refractivity contribution is 9.10. The number of anilines is 1. The number of nitrogens with one attached hydrogen (secondary N) is 1. The van der Waals surface area contributed by atoms with Crippen LogP contribution in [0.15, 0.2) is 16.6 Å². The SMILES string of the molecule is O=C(O)c1cc(F)c(Br)cc1NC(=O)C(F)(F)F. The molecule has 0 radical (unpaired) electrons. The van der Waals surface area contributed by atoms with Gasteiger partial charge in [-0.1, -0.05) is 0 Å². The van der Waals surface area contributed by atoms with Gasteiger partial charge in [-0.2, -0.15) is 13.2 Å². The number of aromatic carboxylic acids is 1. The van der Waals surface area contributed by atoms with Crippen LogP contribution in [0.3, 0.4) is 0 Å². The Kier molecular flexibility index (Phi) is 3.95. The lowest BCUT2D eigenvalue weighted by molar-refractivity contribution is -0.167. The number of hydrogen-bond acceptors (Lipinski definition) is 2. The second kappa shape index (κ2) is 4.92. The minimum atomic E-state index is -5.17.